The number of thiophene rings is 1. The molecule has 2 N–H and O–H groups in total. The number of ether oxygens (including phenoxy) is 1. The van der Waals surface area contributed by atoms with E-state index in [0.29, 0.717) is 0 Å². The van der Waals surface area contributed by atoms with Gasteiger partial charge in [0.1, 0.15) is 11.5 Å². The molecule has 2 aromatic heterocycles. The topological polar surface area (TPSA) is 62.0 Å². The molecule has 0 aliphatic carbocycles. The number of hydrogen-bond acceptors (Lipinski definition) is 5. The molecule has 156 valence electrons. The van der Waals surface area contributed by atoms with Gasteiger partial charge in [-0.1, -0.05) is 6.92 Å². The zero-order valence-electron chi connectivity index (χ0n) is 16.9. The molecule has 3 rings (SSSR count). The van der Waals surface area contributed by atoms with Crippen LogP contribution in [0.15, 0.2) is 33.7 Å². The van der Waals surface area contributed by atoms with Crippen molar-refractivity contribution in [3.63, 3.8) is 0 Å². The summed E-state index contributed by atoms with van der Waals surface area (Å²) >= 11 is 1.85. The molecule has 0 aromatic carbocycles. The monoisotopic (exact) mass is 518 g/mol. The van der Waals surface area contributed by atoms with Crippen molar-refractivity contribution in [1.82, 2.24) is 15.5 Å². The van der Waals surface area contributed by atoms with Crippen molar-refractivity contribution < 1.29 is 9.15 Å². The SMILES string of the molecule is CCc1ccc(CNC(=NC)NCC(c2ccc(C)o2)N2CCOCC2)s1.I. The molecule has 1 unspecified atom stereocenters. The zero-order valence-corrected chi connectivity index (χ0v) is 20.0. The van der Waals surface area contributed by atoms with Gasteiger partial charge in [0.05, 0.1) is 25.8 Å². The predicted octanol–water partition coefficient (Wildman–Crippen LogP) is 3.57. The molecule has 3 heterocycles. The summed E-state index contributed by atoms with van der Waals surface area (Å²) in [5.74, 6) is 2.74. The minimum atomic E-state index is 0. The lowest BCUT2D eigenvalue weighted by Crippen LogP contribution is -2.46. The number of guanidine groups is 1. The predicted molar refractivity (Wildman–Crippen MR) is 126 cm³/mol. The van der Waals surface area contributed by atoms with Gasteiger partial charge >= 0.3 is 0 Å². The Morgan fingerprint density at radius 2 is 1.93 bits per heavy atom. The van der Waals surface area contributed by atoms with E-state index in [1.165, 1.54) is 9.75 Å². The Hall–Kier alpha value is -1.10. The summed E-state index contributed by atoms with van der Waals surface area (Å²) in [5.41, 5.74) is 0. The average Bonchev–Trinajstić information content (AvgIpc) is 3.34. The van der Waals surface area contributed by atoms with Crippen LogP contribution in [0.2, 0.25) is 0 Å². The van der Waals surface area contributed by atoms with Crippen LogP contribution >= 0.6 is 35.3 Å². The van der Waals surface area contributed by atoms with Gasteiger partial charge in [0.15, 0.2) is 5.96 Å². The summed E-state index contributed by atoms with van der Waals surface area (Å²) in [6.07, 6.45) is 1.08. The largest absolute Gasteiger partial charge is 0.465 e. The third-order valence-corrected chi connectivity index (χ3v) is 5.99. The summed E-state index contributed by atoms with van der Waals surface area (Å²) in [6.45, 7) is 9.04. The van der Waals surface area contributed by atoms with E-state index in [2.05, 4.69) is 45.6 Å². The third-order valence-electron chi connectivity index (χ3n) is 4.76. The molecule has 1 aliphatic heterocycles. The molecule has 2 aromatic rings. The fourth-order valence-electron chi connectivity index (χ4n) is 3.22. The highest BCUT2D eigenvalue weighted by molar-refractivity contribution is 14.0. The van der Waals surface area contributed by atoms with Crippen molar-refractivity contribution >= 4 is 41.3 Å². The Bertz CT molecular complexity index is 740. The lowest BCUT2D eigenvalue weighted by Gasteiger charge is -2.33. The fraction of sp³-hybridized carbons (Fsp3) is 0.550. The van der Waals surface area contributed by atoms with Crippen LogP contribution in [-0.2, 0) is 17.7 Å². The molecule has 0 saturated carbocycles. The number of hydrogen-bond donors (Lipinski definition) is 2. The van der Waals surface area contributed by atoms with Gasteiger partial charge < -0.3 is 19.8 Å². The van der Waals surface area contributed by atoms with Gasteiger partial charge in [-0.05, 0) is 37.6 Å². The molecule has 0 spiro atoms. The Kier molecular flexibility index (Phi) is 9.76. The molecule has 0 radical (unpaired) electrons. The van der Waals surface area contributed by atoms with Crippen molar-refractivity contribution in [2.24, 2.45) is 4.99 Å². The van der Waals surface area contributed by atoms with E-state index < -0.39 is 0 Å². The van der Waals surface area contributed by atoms with Crippen molar-refractivity contribution in [1.29, 1.82) is 0 Å². The highest BCUT2D eigenvalue weighted by atomic mass is 127. The second-order valence-electron chi connectivity index (χ2n) is 6.64. The van der Waals surface area contributed by atoms with Gasteiger partial charge in [0.25, 0.3) is 0 Å². The standard InChI is InChI=1S/C20H30N4O2S.HI/c1-4-16-6-7-17(27-16)13-22-20(21-3)23-14-18(19-8-5-15(2)26-19)24-9-11-25-12-10-24;/h5-8,18H,4,9-14H2,1-3H3,(H2,21,22,23);1H. The minimum absolute atomic E-state index is 0. The van der Waals surface area contributed by atoms with Crippen LogP contribution in [0, 0.1) is 6.92 Å². The summed E-state index contributed by atoms with van der Waals surface area (Å²) < 4.78 is 11.4. The first-order valence-electron chi connectivity index (χ1n) is 9.59. The van der Waals surface area contributed by atoms with E-state index in [9.17, 15) is 0 Å². The van der Waals surface area contributed by atoms with Crippen LogP contribution in [0.4, 0.5) is 0 Å². The maximum Gasteiger partial charge on any atom is 0.191 e. The quantitative estimate of drug-likeness (QED) is 0.334. The molecule has 1 atom stereocenters. The number of aliphatic imine (C=N–C) groups is 1. The normalized spacial score (nSPS) is 16.5. The number of furan rings is 1. The first kappa shape index (κ1) is 23.2. The molecular weight excluding hydrogens is 487 g/mol. The molecule has 6 nitrogen and oxygen atoms in total. The molecule has 1 saturated heterocycles. The molecule has 1 fully saturated rings. The zero-order chi connectivity index (χ0) is 19.1. The summed E-state index contributed by atoms with van der Waals surface area (Å²) in [6, 6.07) is 8.65. The third kappa shape index (κ3) is 6.47. The van der Waals surface area contributed by atoms with E-state index in [0.717, 1.165) is 63.3 Å². The lowest BCUT2D eigenvalue weighted by molar-refractivity contribution is 0.0124. The van der Waals surface area contributed by atoms with Gasteiger partial charge in [0.2, 0.25) is 0 Å². The van der Waals surface area contributed by atoms with Crippen LogP contribution in [-0.4, -0.2) is 50.8 Å². The molecule has 28 heavy (non-hydrogen) atoms. The average molecular weight is 518 g/mol. The first-order valence-corrected chi connectivity index (χ1v) is 10.4. The van der Waals surface area contributed by atoms with Gasteiger partial charge in [-0.2, -0.15) is 0 Å². The van der Waals surface area contributed by atoms with E-state index in [4.69, 9.17) is 9.15 Å². The maximum atomic E-state index is 5.93. The highest BCUT2D eigenvalue weighted by Crippen LogP contribution is 2.23. The second kappa shape index (κ2) is 11.8. The molecule has 0 bridgehead atoms. The summed E-state index contributed by atoms with van der Waals surface area (Å²) in [4.78, 5) is 9.52. The molecule has 8 heteroatoms. The number of aryl methyl sites for hydroxylation is 2. The number of nitrogens with one attached hydrogen (secondary N) is 2. The Morgan fingerprint density at radius 1 is 1.18 bits per heavy atom. The molecule has 1 aliphatic rings. The fourth-order valence-corrected chi connectivity index (χ4v) is 4.12. The van der Waals surface area contributed by atoms with E-state index in [1.807, 2.05) is 31.4 Å². The van der Waals surface area contributed by atoms with Gasteiger partial charge in [0, 0.05) is 36.4 Å². The minimum Gasteiger partial charge on any atom is -0.465 e. The van der Waals surface area contributed by atoms with Crippen molar-refractivity contribution in [3.8, 4) is 0 Å². The van der Waals surface area contributed by atoms with E-state index in [-0.39, 0.29) is 30.0 Å². The van der Waals surface area contributed by atoms with Crippen LogP contribution in [0.25, 0.3) is 0 Å². The van der Waals surface area contributed by atoms with Crippen LogP contribution in [0.1, 0.15) is 34.2 Å². The van der Waals surface area contributed by atoms with Crippen molar-refractivity contribution in [2.45, 2.75) is 32.9 Å². The number of morpholine rings is 1. The number of nitrogens with zero attached hydrogens (tertiary/aromatic N) is 2. The maximum absolute atomic E-state index is 5.93. The Morgan fingerprint density at radius 3 is 2.54 bits per heavy atom. The summed E-state index contributed by atoms with van der Waals surface area (Å²) in [7, 11) is 1.81. The van der Waals surface area contributed by atoms with Gasteiger partial charge in [-0.3, -0.25) is 9.89 Å². The van der Waals surface area contributed by atoms with Crippen molar-refractivity contribution in [3.05, 3.63) is 45.5 Å². The second-order valence-corrected chi connectivity index (χ2v) is 7.89. The van der Waals surface area contributed by atoms with E-state index in [1.54, 1.807) is 0 Å². The highest BCUT2D eigenvalue weighted by Gasteiger charge is 2.25. The summed E-state index contributed by atoms with van der Waals surface area (Å²) in [5, 5.41) is 6.88. The van der Waals surface area contributed by atoms with Gasteiger partial charge in [-0.25, -0.2) is 0 Å². The smallest absolute Gasteiger partial charge is 0.191 e. The first-order chi connectivity index (χ1) is 13.2. The lowest BCUT2D eigenvalue weighted by atomic mass is 10.1. The Labute approximate surface area is 188 Å². The number of rotatable bonds is 7. The van der Waals surface area contributed by atoms with Crippen molar-refractivity contribution in [2.75, 3.05) is 39.9 Å². The Balaban J connectivity index is 0.00000280. The number of halogens is 1. The van der Waals surface area contributed by atoms with E-state index >= 15 is 0 Å². The molecular formula is C20H31IN4O2S. The van der Waals surface area contributed by atoms with Gasteiger partial charge in [-0.15, -0.1) is 35.3 Å². The molecule has 0 amide bonds. The van der Waals surface area contributed by atoms with Crippen LogP contribution in [0.5, 0.6) is 0 Å². The van der Waals surface area contributed by atoms with Crippen LogP contribution in [0.3, 0.4) is 0 Å². The van der Waals surface area contributed by atoms with Crippen LogP contribution < -0.4 is 10.6 Å².